The lowest BCUT2D eigenvalue weighted by atomic mass is 10.0. The molecule has 1 unspecified atom stereocenters. The summed E-state index contributed by atoms with van der Waals surface area (Å²) in [5.41, 5.74) is 3.95. The number of hydrazine groups is 1. The van der Waals surface area contributed by atoms with E-state index in [0.717, 1.165) is 24.8 Å². The Morgan fingerprint density at radius 1 is 1.44 bits per heavy atom. The zero-order valence-electron chi connectivity index (χ0n) is 9.06. The first-order chi connectivity index (χ1) is 7.90. The molecule has 0 spiro atoms. The Balaban J connectivity index is 1.80. The van der Waals surface area contributed by atoms with Crippen LogP contribution in [-0.4, -0.2) is 0 Å². The first-order valence-electron chi connectivity index (χ1n) is 5.41. The maximum Gasteiger partial charge on any atom is 0.0950 e. The van der Waals surface area contributed by atoms with E-state index in [2.05, 4.69) is 22.9 Å². The quantitative estimate of drug-likeness (QED) is 0.599. The van der Waals surface area contributed by atoms with Crippen molar-refractivity contribution in [3.8, 4) is 0 Å². The highest BCUT2D eigenvalue weighted by molar-refractivity contribution is 7.09. The molecule has 2 heterocycles. The van der Waals surface area contributed by atoms with Gasteiger partial charge in [-0.1, -0.05) is 6.07 Å². The molecular weight excluding hydrogens is 220 g/mol. The molecule has 3 N–H and O–H groups in total. The summed E-state index contributed by atoms with van der Waals surface area (Å²) < 4.78 is 5.06. The van der Waals surface area contributed by atoms with Gasteiger partial charge in [0.15, 0.2) is 0 Å². The standard InChI is InChI=1S/C12H16N2OS/c13-14-12(10-6-7-15-9-10)5-1-3-11-4-2-8-16-11/h2,4,6-9,12,14H,1,3,5,13H2. The van der Waals surface area contributed by atoms with Crippen molar-refractivity contribution >= 4 is 11.3 Å². The number of nitrogens with two attached hydrogens (primary N) is 1. The van der Waals surface area contributed by atoms with Gasteiger partial charge in [0.2, 0.25) is 0 Å². The largest absolute Gasteiger partial charge is 0.472 e. The second-order valence-electron chi connectivity index (χ2n) is 3.75. The van der Waals surface area contributed by atoms with Crippen molar-refractivity contribution < 1.29 is 4.42 Å². The van der Waals surface area contributed by atoms with Crippen LogP contribution in [0.4, 0.5) is 0 Å². The molecule has 0 amide bonds. The van der Waals surface area contributed by atoms with Crippen LogP contribution in [0.2, 0.25) is 0 Å². The third-order valence-corrected chi connectivity index (χ3v) is 3.58. The molecule has 0 fully saturated rings. The van der Waals surface area contributed by atoms with Crippen molar-refractivity contribution in [2.45, 2.75) is 25.3 Å². The summed E-state index contributed by atoms with van der Waals surface area (Å²) in [5, 5.41) is 2.12. The zero-order chi connectivity index (χ0) is 11.2. The Hall–Kier alpha value is -1.10. The Morgan fingerprint density at radius 3 is 3.00 bits per heavy atom. The van der Waals surface area contributed by atoms with Gasteiger partial charge in [0.1, 0.15) is 0 Å². The maximum absolute atomic E-state index is 5.53. The van der Waals surface area contributed by atoms with Crippen molar-refractivity contribution in [1.82, 2.24) is 5.43 Å². The molecule has 86 valence electrons. The molecule has 2 rings (SSSR count). The molecule has 0 saturated carbocycles. The number of thiophene rings is 1. The summed E-state index contributed by atoms with van der Waals surface area (Å²) in [6, 6.07) is 6.41. The number of nitrogens with one attached hydrogen (secondary N) is 1. The van der Waals surface area contributed by atoms with Gasteiger partial charge in [-0.05, 0) is 36.8 Å². The van der Waals surface area contributed by atoms with E-state index in [4.69, 9.17) is 10.3 Å². The number of hydrogen-bond donors (Lipinski definition) is 2. The third-order valence-electron chi connectivity index (χ3n) is 2.64. The summed E-state index contributed by atoms with van der Waals surface area (Å²) in [7, 11) is 0. The van der Waals surface area contributed by atoms with Crippen molar-refractivity contribution in [1.29, 1.82) is 0 Å². The summed E-state index contributed by atoms with van der Waals surface area (Å²) in [4.78, 5) is 1.43. The van der Waals surface area contributed by atoms with Crippen LogP contribution in [0, 0.1) is 0 Å². The van der Waals surface area contributed by atoms with E-state index in [9.17, 15) is 0 Å². The van der Waals surface area contributed by atoms with E-state index in [-0.39, 0.29) is 6.04 Å². The minimum atomic E-state index is 0.193. The molecule has 4 heteroatoms. The van der Waals surface area contributed by atoms with Crippen LogP contribution in [0.1, 0.15) is 29.3 Å². The highest BCUT2D eigenvalue weighted by atomic mass is 32.1. The first-order valence-corrected chi connectivity index (χ1v) is 6.28. The molecule has 2 aromatic heterocycles. The van der Waals surface area contributed by atoms with Crippen LogP contribution >= 0.6 is 11.3 Å². The SMILES string of the molecule is NNC(CCCc1cccs1)c1ccoc1. The fourth-order valence-electron chi connectivity index (χ4n) is 1.75. The van der Waals surface area contributed by atoms with E-state index in [1.807, 2.05) is 17.4 Å². The van der Waals surface area contributed by atoms with Crippen LogP contribution in [0.5, 0.6) is 0 Å². The second kappa shape index (κ2) is 5.84. The van der Waals surface area contributed by atoms with Crippen LogP contribution in [0.15, 0.2) is 40.5 Å². The van der Waals surface area contributed by atoms with Crippen molar-refractivity contribution in [3.05, 3.63) is 46.5 Å². The average Bonchev–Trinajstić information content (AvgIpc) is 2.96. The summed E-state index contributed by atoms with van der Waals surface area (Å²) in [5.74, 6) is 5.53. The Labute approximate surface area is 99.2 Å². The summed E-state index contributed by atoms with van der Waals surface area (Å²) in [6.45, 7) is 0. The molecule has 0 bridgehead atoms. The molecule has 0 aliphatic heterocycles. The van der Waals surface area contributed by atoms with Gasteiger partial charge in [0.05, 0.1) is 12.5 Å². The lowest BCUT2D eigenvalue weighted by molar-refractivity contribution is 0.488. The summed E-state index contributed by atoms with van der Waals surface area (Å²) >= 11 is 1.81. The fraction of sp³-hybridized carbons (Fsp3) is 0.333. The van der Waals surface area contributed by atoms with Gasteiger partial charge in [-0.3, -0.25) is 11.3 Å². The molecular formula is C12H16N2OS. The Kier molecular flexibility index (Phi) is 4.16. The van der Waals surface area contributed by atoms with Crippen molar-refractivity contribution in [2.75, 3.05) is 0 Å². The highest BCUT2D eigenvalue weighted by Gasteiger charge is 2.10. The lowest BCUT2D eigenvalue weighted by Crippen LogP contribution is -2.27. The molecule has 0 radical (unpaired) electrons. The topological polar surface area (TPSA) is 51.2 Å². The zero-order valence-corrected chi connectivity index (χ0v) is 9.87. The first kappa shape index (κ1) is 11.4. The predicted molar refractivity (Wildman–Crippen MR) is 66.0 cm³/mol. The predicted octanol–water partition coefficient (Wildman–Crippen LogP) is 2.87. The highest BCUT2D eigenvalue weighted by Crippen LogP contribution is 2.20. The van der Waals surface area contributed by atoms with Crippen LogP contribution in [-0.2, 0) is 6.42 Å². The van der Waals surface area contributed by atoms with E-state index < -0.39 is 0 Å². The van der Waals surface area contributed by atoms with Gasteiger partial charge in [0.25, 0.3) is 0 Å². The number of aryl methyl sites for hydroxylation is 1. The van der Waals surface area contributed by atoms with Crippen LogP contribution in [0.3, 0.4) is 0 Å². The Bertz CT molecular complexity index is 383. The fourth-order valence-corrected chi connectivity index (χ4v) is 2.51. The van der Waals surface area contributed by atoms with Crippen molar-refractivity contribution in [2.24, 2.45) is 5.84 Å². The summed E-state index contributed by atoms with van der Waals surface area (Å²) in [6.07, 6.45) is 6.69. The molecule has 2 aromatic rings. The molecule has 0 aliphatic rings. The van der Waals surface area contributed by atoms with E-state index in [1.54, 1.807) is 12.5 Å². The number of furan rings is 1. The average molecular weight is 236 g/mol. The molecule has 16 heavy (non-hydrogen) atoms. The number of hydrogen-bond acceptors (Lipinski definition) is 4. The molecule has 1 atom stereocenters. The monoisotopic (exact) mass is 236 g/mol. The Morgan fingerprint density at radius 2 is 2.38 bits per heavy atom. The van der Waals surface area contributed by atoms with Crippen LogP contribution in [0.25, 0.3) is 0 Å². The van der Waals surface area contributed by atoms with E-state index in [0.29, 0.717) is 0 Å². The van der Waals surface area contributed by atoms with Crippen molar-refractivity contribution in [3.63, 3.8) is 0 Å². The van der Waals surface area contributed by atoms with Gasteiger partial charge >= 0.3 is 0 Å². The lowest BCUT2D eigenvalue weighted by Gasteiger charge is -2.13. The number of rotatable bonds is 6. The van der Waals surface area contributed by atoms with Gasteiger partial charge in [-0.15, -0.1) is 11.3 Å². The normalized spacial score (nSPS) is 12.8. The molecule has 0 aromatic carbocycles. The van der Waals surface area contributed by atoms with Gasteiger partial charge in [-0.2, -0.15) is 0 Å². The third kappa shape index (κ3) is 2.95. The maximum atomic E-state index is 5.53. The van der Waals surface area contributed by atoms with Gasteiger partial charge < -0.3 is 4.42 Å². The van der Waals surface area contributed by atoms with Gasteiger partial charge in [0, 0.05) is 16.5 Å². The molecule has 0 aliphatic carbocycles. The minimum absolute atomic E-state index is 0.193. The van der Waals surface area contributed by atoms with E-state index in [1.165, 1.54) is 4.88 Å². The van der Waals surface area contributed by atoms with E-state index >= 15 is 0 Å². The molecule has 0 saturated heterocycles. The second-order valence-corrected chi connectivity index (χ2v) is 4.78. The van der Waals surface area contributed by atoms with Gasteiger partial charge in [-0.25, -0.2) is 0 Å². The minimum Gasteiger partial charge on any atom is -0.472 e. The van der Waals surface area contributed by atoms with Crippen LogP contribution < -0.4 is 11.3 Å². The molecule has 3 nitrogen and oxygen atoms in total. The smallest absolute Gasteiger partial charge is 0.0950 e.